The van der Waals surface area contributed by atoms with E-state index in [4.69, 9.17) is 0 Å². The van der Waals surface area contributed by atoms with Gasteiger partial charge in [-0.25, -0.2) is 13.1 Å². The van der Waals surface area contributed by atoms with Crippen LogP contribution in [0.5, 0.6) is 0 Å². The molecule has 0 spiro atoms. The molecule has 0 saturated carbocycles. The summed E-state index contributed by atoms with van der Waals surface area (Å²) in [6, 6.07) is 1.60. The van der Waals surface area contributed by atoms with Crippen molar-refractivity contribution in [3.8, 4) is 0 Å². The van der Waals surface area contributed by atoms with Gasteiger partial charge in [-0.1, -0.05) is 5.21 Å². The van der Waals surface area contributed by atoms with Crippen molar-refractivity contribution in [3.63, 3.8) is 0 Å². The number of rotatable bonds is 6. The first-order valence-corrected chi connectivity index (χ1v) is 7.01. The molecule has 0 atom stereocenters. The Morgan fingerprint density at radius 2 is 2.26 bits per heavy atom. The molecule has 0 amide bonds. The smallest absolute Gasteiger partial charge is 0.244 e. The first kappa shape index (κ1) is 13.4. The Kier molecular flexibility index (Phi) is 4.02. The van der Waals surface area contributed by atoms with E-state index in [0.717, 1.165) is 0 Å². The zero-order chi connectivity index (χ0) is 13.7. The number of aromatic nitrogens is 5. The van der Waals surface area contributed by atoms with Gasteiger partial charge in [-0.05, 0) is 13.0 Å². The summed E-state index contributed by atoms with van der Waals surface area (Å²) in [5.41, 5.74) is 0.498. The highest BCUT2D eigenvalue weighted by atomic mass is 32.2. The molecule has 2 rings (SSSR count). The van der Waals surface area contributed by atoms with Crippen molar-refractivity contribution in [2.45, 2.75) is 18.4 Å². The summed E-state index contributed by atoms with van der Waals surface area (Å²) in [6.45, 7) is 2.44. The molecule has 2 heterocycles. The highest BCUT2D eigenvalue weighted by molar-refractivity contribution is 7.89. The average molecular weight is 283 g/mol. The quantitative estimate of drug-likeness (QED) is 0.652. The molecule has 0 bridgehead atoms. The predicted octanol–water partition coefficient (Wildman–Crippen LogP) is -0.495. The minimum atomic E-state index is -3.69. The van der Waals surface area contributed by atoms with E-state index in [0.29, 0.717) is 12.2 Å². The molecule has 0 aliphatic heterocycles. The fourth-order valence-electron chi connectivity index (χ4n) is 1.43. The fraction of sp³-hybridized carbons (Fsp3) is 0.333. The lowest BCUT2D eigenvalue weighted by molar-refractivity contribution is 0.579. The molecule has 2 aromatic heterocycles. The van der Waals surface area contributed by atoms with E-state index in [1.165, 1.54) is 12.4 Å². The molecule has 2 aromatic rings. The maximum absolute atomic E-state index is 12.1. The lowest BCUT2D eigenvalue weighted by Crippen LogP contribution is -2.25. The van der Waals surface area contributed by atoms with E-state index < -0.39 is 10.0 Å². The van der Waals surface area contributed by atoms with Crippen molar-refractivity contribution < 1.29 is 8.42 Å². The summed E-state index contributed by atoms with van der Waals surface area (Å²) in [4.78, 5) is 3.91. The van der Waals surface area contributed by atoms with E-state index in [2.05, 4.69) is 35.6 Å². The Balaban J connectivity index is 2.19. The molecule has 0 radical (unpaired) electrons. The molecular formula is C9H13N7O2S. The third-order valence-electron chi connectivity index (χ3n) is 2.25. The molecule has 0 aromatic carbocycles. The summed E-state index contributed by atoms with van der Waals surface area (Å²) < 4.78 is 26.7. The van der Waals surface area contributed by atoms with Gasteiger partial charge in [-0.15, -0.1) is 10.2 Å². The number of H-pyrrole nitrogens is 1. The first-order valence-electron chi connectivity index (χ1n) is 5.53. The Morgan fingerprint density at radius 3 is 2.95 bits per heavy atom. The van der Waals surface area contributed by atoms with Gasteiger partial charge in [-0.2, -0.15) is 5.21 Å². The second-order valence-corrected chi connectivity index (χ2v) is 5.29. The van der Waals surface area contributed by atoms with Crippen LogP contribution >= 0.6 is 0 Å². The highest BCUT2D eigenvalue weighted by Gasteiger charge is 2.19. The molecule has 9 nitrogen and oxygen atoms in total. The minimum Gasteiger partial charge on any atom is -0.384 e. The van der Waals surface area contributed by atoms with Gasteiger partial charge < -0.3 is 5.32 Å². The standard InChI is InChI=1S/C9H13N7O2S/c1-2-11-7-3-4-10-5-8(7)19(17,18)12-6-9-13-15-16-14-9/h3-5,12H,2,6H2,1H3,(H,10,11)(H,13,14,15,16). The van der Waals surface area contributed by atoms with Crippen LogP contribution in [0, 0.1) is 0 Å². The lowest BCUT2D eigenvalue weighted by Gasteiger charge is -2.10. The summed E-state index contributed by atoms with van der Waals surface area (Å²) in [6.07, 6.45) is 2.81. The van der Waals surface area contributed by atoms with Gasteiger partial charge in [0.2, 0.25) is 10.0 Å². The number of tetrazole rings is 1. The van der Waals surface area contributed by atoms with Crippen LogP contribution in [0.1, 0.15) is 12.7 Å². The zero-order valence-electron chi connectivity index (χ0n) is 10.2. The van der Waals surface area contributed by atoms with Crippen LogP contribution in [0.15, 0.2) is 23.4 Å². The molecule has 102 valence electrons. The molecule has 10 heteroatoms. The van der Waals surface area contributed by atoms with E-state index in [9.17, 15) is 8.42 Å². The number of hydrogen-bond acceptors (Lipinski definition) is 7. The fourth-order valence-corrected chi connectivity index (χ4v) is 2.53. The van der Waals surface area contributed by atoms with Crippen LogP contribution in [-0.4, -0.2) is 40.6 Å². The summed E-state index contributed by atoms with van der Waals surface area (Å²) in [5.74, 6) is 0.262. The number of sulfonamides is 1. The predicted molar refractivity (Wildman–Crippen MR) is 66.6 cm³/mol. The Hall–Kier alpha value is -2.07. The highest BCUT2D eigenvalue weighted by Crippen LogP contribution is 2.19. The Bertz CT molecular complexity index is 626. The number of anilines is 1. The van der Waals surface area contributed by atoms with Gasteiger partial charge in [0.1, 0.15) is 4.90 Å². The van der Waals surface area contributed by atoms with Crippen molar-refractivity contribution in [2.75, 3.05) is 11.9 Å². The van der Waals surface area contributed by atoms with Gasteiger partial charge in [-0.3, -0.25) is 4.98 Å². The third kappa shape index (κ3) is 3.23. The molecular weight excluding hydrogens is 270 g/mol. The van der Waals surface area contributed by atoms with Crippen molar-refractivity contribution in [2.24, 2.45) is 0 Å². The van der Waals surface area contributed by atoms with Gasteiger partial charge in [0, 0.05) is 18.9 Å². The normalized spacial score (nSPS) is 11.4. The number of nitrogens with zero attached hydrogens (tertiary/aromatic N) is 4. The third-order valence-corrected chi connectivity index (χ3v) is 3.68. The molecule has 0 unspecified atom stereocenters. The molecule has 3 N–H and O–H groups in total. The lowest BCUT2D eigenvalue weighted by atomic mass is 10.4. The molecule has 19 heavy (non-hydrogen) atoms. The number of pyridine rings is 1. The number of aromatic amines is 1. The molecule has 0 aliphatic carbocycles. The van der Waals surface area contributed by atoms with Gasteiger partial charge >= 0.3 is 0 Å². The Morgan fingerprint density at radius 1 is 1.42 bits per heavy atom. The van der Waals surface area contributed by atoms with Crippen LogP contribution in [-0.2, 0) is 16.6 Å². The van der Waals surface area contributed by atoms with Crippen LogP contribution in [0.3, 0.4) is 0 Å². The molecule has 0 saturated heterocycles. The van der Waals surface area contributed by atoms with E-state index in [1.807, 2.05) is 6.92 Å². The monoisotopic (exact) mass is 283 g/mol. The minimum absolute atomic E-state index is 0.0424. The van der Waals surface area contributed by atoms with Gasteiger partial charge in [0.25, 0.3) is 0 Å². The number of nitrogens with one attached hydrogen (secondary N) is 3. The first-order chi connectivity index (χ1) is 9.13. The maximum atomic E-state index is 12.1. The van der Waals surface area contributed by atoms with Crippen LogP contribution in [0.2, 0.25) is 0 Å². The Labute approximate surface area is 109 Å². The van der Waals surface area contributed by atoms with Crippen LogP contribution < -0.4 is 10.0 Å². The molecule has 0 aliphatic rings. The van der Waals surface area contributed by atoms with Crippen LogP contribution in [0.25, 0.3) is 0 Å². The second-order valence-electron chi connectivity index (χ2n) is 3.55. The second kappa shape index (κ2) is 5.71. The summed E-state index contributed by atoms with van der Waals surface area (Å²) >= 11 is 0. The van der Waals surface area contributed by atoms with Gasteiger partial charge in [0.15, 0.2) is 5.82 Å². The van der Waals surface area contributed by atoms with E-state index >= 15 is 0 Å². The van der Waals surface area contributed by atoms with E-state index in [1.54, 1.807) is 6.07 Å². The maximum Gasteiger partial charge on any atom is 0.244 e. The van der Waals surface area contributed by atoms with Crippen molar-refractivity contribution in [1.29, 1.82) is 0 Å². The average Bonchev–Trinajstić information content (AvgIpc) is 2.91. The largest absolute Gasteiger partial charge is 0.384 e. The zero-order valence-corrected chi connectivity index (χ0v) is 11.0. The SMILES string of the molecule is CCNc1ccncc1S(=O)(=O)NCc1nn[nH]n1. The summed E-state index contributed by atoms with van der Waals surface area (Å²) in [5, 5.41) is 15.9. The van der Waals surface area contributed by atoms with Crippen molar-refractivity contribution in [3.05, 3.63) is 24.3 Å². The van der Waals surface area contributed by atoms with Crippen molar-refractivity contribution >= 4 is 15.7 Å². The van der Waals surface area contributed by atoms with E-state index in [-0.39, 0.29) is 17.3 Å². The van der Waals surface area contributed by atoms with Crippen molar-refractivity contribution in [1.82, 2.24) is 30.3 Å². The van der Waals surface area contributed by atoms with Crippen LogP contribution in [0.4, 0.5) is 5.69 Å². The van der Waals surface area contributed by atoms with Gasteiger partial charge in [0.05, 0.1) is 12.2 Å². The molecule has 0 fully saturated rings. The summed E-state index contributed by atoms with van der Waals surface area (Å²) in [7, 11) is -3.69. The topological polar surface area (TPSA) is 126 Å². The number of hydrogen-bond donors (Lipinski definition) is 3.